The molecule has 1 atom stereocenters. The lowest BCUT2D eigenvalue weighted by Gasteiger charge is -2.38. The molecule has 4 rings (SSSR count). The first kappa shape index (κ1) is 18.4. The summed E-state index contributed by atoms with van der Waals surface area (Å²) in [6, 6.07) is 6.17. The Balaban J connectivity index is 1.43. The number of benzene rings is 1. The van der Waals surface area contributed by atoms with Gasteiger partial charge in [0.05, 0.1) is 23.3 Å². The molecule has 0 N–H and O–H groups in total. The van der Waals surface area contributed by atoms with E-state index in [2.05, 4.69) is 26.9 Å². The maximum absolute atomic E-state index is 12.6. The third-order valence-electron chi connectivity index (χ3n) is 5.80. The average molecular weight is 370 g/mol. The van der Waals surface area contributed by atoms with E-state index in [1.54, 1.807) is 10.9 Å². The summed E-state index contributed by atoms with van der Waals surface area (Å²) in [5.41, 5.74) is 1.98. The number of aromatic nitrogens is 2. The van der Waals surface area contributed by atoms with Crippen LogP contribution in [0.25, 0.3) is 10.9 Å². The molecular weight excluding hydrogens is 340 g/mol. The molecule has 1 aromatic carbocycles. The van der Waals surface area contributed by atoms with Gasteiger partial charge >= 0.3 is 0 Å². The Morgan fingerprint density at radius 1 is 1.19 bits per heavy atom. The van der Waals surface area contributed by atoms with Crippen LogP contribution in [0.15, 0.2) is 29.3 Å². The molecule has 146 valence electrons. The van der Waals surface area contributed by atoms with E-state index in [0.29, 0.717) is 11.5 Å². The monoisotopic (exact) mass is 370 g/mol. The van der Waals surface area contributed by atoms with Crippen molar-refractivity contribution in [1.29, 1.82) is 0 Å². The zero-order valence-corrected chi connectivity index (χ0v) is 16.4. The van der Waals surface area contributed by atoms with Crippen LogP contribution in [-0.2, 0) is 4.74 Å². The molecule has 2 saturated heterocycles. The zero-order chi connectivity index (χ0) is 18.8. The van der Waals surface area contributed by atoms with E-state index in [1.165, 1.54) is 19.3 Å². The largest absolute Gasteiger partial charge is 0.377 e. The number of hydrogen-bond acceptors (Lipinski definition) is 5. The molecule has 1 aromatic heterocycles. The van der Waals surface area contributed by atoms with E-state index >= 15 is 0 Å². The summed E-state index contributed by atoms with van der Waals surface area (Å²) in [7, 11) is 0. The van der Waals surface area contributed by atoms with Crippen LogP contribution in [0.1, 0.15) is 39.2 Å². The normalized spacial score (nSPS) is 21.9. The molecule has 1 unspecified atom stereocenters. The molecule has 27 heavy (non-hydrogen) atoms. The van der Waals surface area contributed by atoms with Gasteiger partial charge in [0.1, 0.15) is 0 Å². The molecule has 0 bridgehead atoms. The predicted molar refractivity (Wildman–Crippen MR) is 109 cm³/mol. The van der Waals surface area contributed by atoms with Crippen LogP contribution < -0.4 is 10.5 Å². The average Bonchev–Trinajstić information content (AvgIpc) is 2.69. The van der Waals surface area contributed by atoms with Crippen molar-refractivity contribution in [3.63, 3.8) is 0 Å². The summed E-state index contributed by atoms with van der Waals surface area (Å²) in [6.45, 7) is 10.1. The molecule has 6 heteroatoms. The zero-order valence-electron chi connectivity index (χ0n) is 16.4. The summed E-state index contributed by atoms with van der Waals surface area (Å²) in [5.74, 6) is 0. The predicted octanol–water partition coefficient (Wildman–Crippen LogP) is 2.67. The Bertz CT molecular complexity index is 834. The number of nitrogens with zero attached hydrogens (tertiary/aromatic N) is 4. The second-order valence-corrected chi connectivity index (χ2v) is 8.03. The third kappa shape index (κ3) is 4.01. The van der Waals surface area contributed by atoms with Crippen LogP contribution in [0, 0.1) is 0 Å². The van der Waals surface area contributed by atoms with Crippen molar-refractivity contribution in [1.82, 2.24) is 14.5 Å². The van der Waals surface area contributed by atoms with Crippen LogP contribution in [-0.4, -0.2) is 59.9 Å². The van der Waals surface area contributed by atoms with E-state index in [9.17, 15) is 4.79 Å². The van der Waals surface area contributed by atoms with Gasteiger partial charge in [-0.05, 0) is 51.3 Å². The van der Waals surface area contributed by atoms with Crippen molar-refractivity contribution < 1.29 is 4.74 Å². The molecule has 0 spiro atoms. The highest BCUT2D eigenvalue weighted by Gasteiger charge is 2.22. The molecule has 2 aliphatic rings. The van der Waals surface area contributed by atoms with Gasteiger partial charge in [-0.25, -0.2) is 4.98 Å². The minimum atomic E-state index is 0.0406. The summed E-state index contributed by atoms with van der Waals surface area (Å²) in [4.78, 5) is 22.0. The third-order valence-corrected chi connectivity index (χ3v) is 5.80. The first-order valence-electron chi connectivity index (χ1n) is 10.2. The quantitative estimate of drug-likeness (QED) is 0.828. The SMILES string of the molecule is CC(C)n1cnc2cc(N3CCN(CC4CCCCO4)CC3)ccc2c1=O. The highest BCUT2D eigenvalue weighted by Crippen LogP contribution is 2.21. The van der Waals surface area contributed by atoms with Gasteiger partial charge in [-0.2, -0.15) is 0 Å². The van der Waals surface area contributed by atoms with E-state index in [1.807, 2.05) is 19.9 Å². The van der Waals surface area contributed by atoms with E-state index in [-0.39, 0.29) is 11.6 Å². The number of rotatable bonds is 4. The Morgan fingerprint density at radius 2 is 2.00 bits per heavy atom. The number of hydrogen-bond donors (Lipinski definition) is 0. The maximum atomic E-state index is 12.6. The van der Waals surface area contributed by atoms with Crippen molar-refractivity contribution in [2.24, 2.45) is 0 Å². The second-order valence-electron chi connectivity index (χ2n) is 8.03. The lowest BCUT2D eigenvalue weighted by Crippen LogP contribution is -2.49. The summed E-state index contributed by atoms with van der Waals surface area (Å²) < 4.78 is 7.57. The Labute approximate surface area is 160 Å². The minimum Gasteiger partial charge on any atom is -0.377 e. The molecule has 0 saturated carbocycles. The Hall–Kier alpha value is -1.92. The van der Waals surface area contributed by atoms with Gasteiger partial charge in [-0.1, -0.05) is 0 Å². The maximum Gasteiger partial charge on any atom is 0.261 e. The van der Waals surface area contributed by atoms with Crippen molar-refractivity contribution in [2.45, 2.75) is 45.3 Å². The molecule has 2 aliphatic heterocycles. The fourth-order valence-electron chi connectivity index (χ4n) is 4.12. The van der Waals surface area contributed by atoms with E-state index < -0.39 is 0 Å². The number of ether oxygens (including phenoxy) is 1. The van der Waals surface area contributed by atoms with Crippen LogP contribution in [0.3, 0.4) is 0 Å². The Morgan fingerprint density at radius 3 is 2.70 bits per heavy atom. The summed E-state index contributed by atoms with van der Waals surface area (Å²) in [6.07, 6.45) is 5.79. The van der Waals surface area contributed by atoms with Crippen LogP contribution in [0.4, 0.5) is 5.69 Å². The Kier molecular flexibility index (Phi) is 5.45. The smallest absolute Gasteiger partial charge is 0.261 e. The van der Waals surface area contributed by atoms with E-state index in [0.717, 1.165) is 50.5 Å². The van der Waals surface area contributed by atoms with E-state index in [4.69, 9.17) is 4.74 Å². The topological polar surface area (TPSA) is 50.6 Å². The fraction of sp³-hybridized carbons (Fsp3) is 0.619. The summed E-state index contributed by atoms with van der Waals surface area (Å²) in [5, 5.41) is 0.697. The van der Waals surface area contributed by atoms with Gasteiger partial charge in [-0.15, -0.1) is 0 Å². The lowest BCUT2D eigenvalue weighted by molar-refractivity contribution is -0.00644. The molecule has 2 aromatic rings. The molecule has 0 aliphatic carbocycles. The van der Waals surface area contributed by atoms with Crippen molar-refractivity contribution >= 4 is 16.6 Å². The number of piperazine rings is 1. The summed E-state index contributed by atoms with van der Waals surface area (Å²) >= 11 is 0. The highest BCUT2D eigenvalue weighted by atomic mass is 16.5. The van der Waals surface area contributed by atoms with Crippen molar-refractivity contribution in [3.05, 3.63) is 34.9 Å². The molecule has 3 heterocycles. The molecular formula is C21H30N4O2. The van der Waals surface area contributed by atoms with Crippen molar-refractivity contribution in [3.8, 4) is 0 Å². The van der Waals surface area contributed by atoms with Crippen molar-refractivity contribution in [2.75, 3.05) is 44.2 Å². The van der Waals surface area contributed by atoms with Crippen LogP contribution in [0.2, 0.25) is 0 Å². The fourth-order valence-corrected chi connectivity index (χ4v) is 4.12. The van der Waals surface area contributed by atoms with Gasteiger partial charge in [0.25, 0.3) is 5.56 Å². The van der Waals surface area contributed by atoms with Gasteiger partial charge in [0, 0.05) is 51.1 Å². The standard InChI is InChI=1S/C21H30N4O2/c1-16(2)25-15-22-20-13-17(6-7-19(20)21(25)26)24-10-8-23(9-11-24)14-18-5-3-4-12-27-18/h6-7,13,15-16,18H,3-5,8-12,14H2,1-2H3. The minimum absolute atomic E-state index is 0.0406. The lowest BCUT2D eigenvalue weighted by atomic mass is 10.1. The molecule has 6 nitrogen and oxygen atoms in total. The molecule has 0 radical (unpaired) electrons. The first-order valence-corrected chi connectivity index (χ1v) is 10.2. The van der Waals surface area contributed by atoms with Crippen LogP contribution in [0.5, 0.6) is 0 Å². The molecule has 0 amide bonds. The van der Waals surface area contributed by atoms with Gasteiger partial charge in [-0.3, -0.25) is 14.3 Å². The van der Waals surface area contributed by atoms with Gasteiger partial charge in [0.2, 0.25) is 0 Å². The van der Waals surface area contributed by atoms with Gasteiger partial charge < -0.3 is 9.64 Å². The molecule has 2 fully saturated rings. The van der Waals surface area contributed by atoms with Gasteiger partial charge in [0.15, 0.2) is 0 Å². The second kappa shape index (κ2) is 7.98. The highest BCUT2D eigenvalue weighted by molar-refractivity contribution is 5.81. The first-order chi connectivity index (χ1) is 13.1. The number of fused-ring (bicyclic) bond motifs is 1. The number of anilines is 1. The van der Waals surface area contributed by atoms with Crippen LogP contribution >= 0.6 is 0 Å².